The van der Waals surface area contributed by atoms with Gasteiger partial charge in [-0.2, -0.15) is 0 Å². The molecule has 326 valence electrons. The summed E-state index contributed by atoms with van der Waals surface area (Å²) in [5.41, 5.74) is 0. The smallest absolute Gasteiger partial charge is 0.361 e. The number of hydrogen-bond donors (Lipinski definition) is 1. The average molecular weight is 793 g/mol. The van der Waals surface area contributed by atoms with Crippen LogP contribution in [0.15, 0.2) is 36.5 Å². The van der Waals surface area contributed by atoms with Crippen molar-refractivity contribution in [2.45, 2.75) is 200 Å². The van der Waals surface area contributed by atoms with Crippen LogP contribution in [-0.2, 0) is 33.3 Å². The molecule has 2 atom stereocenters. The van der Waals surface area contributed by atoms with Gasteiger partial charge in [-0.3, -0.25) is 9.59 Å². The lowest BCUT2D eigenvalue weighted by Crippen LogP contribution is -2.40. The Morgan fingerprint density at radius 3 is 1.45 bits per heavy atom. The molecule has 0 aromatic heterocycles. The molecular weight excluding hydrogens is 707 g/mol. The molecule has 0 spiro atoms. The molecule has 0 aliphatic heterocycles. The van der Waals surface area contributed by atoms with E-state index in [1.807, 2.05) is 21.1 Å². The highest BCUT2D eigenvalue weighted by Crippen LogP contribution is 2.13. The van der Waals surface area contributed by atoms with E-state index in [0.29, 0.717) is 17.4 Å². The van der Waals surface area contributed by atoms with Crippen LogP contribution in [0.1, 0.15) is 187 Å². The molecule has 0 aromatic rings. The fourth-order valence-corrected chi connectivity index (χ4v) is 6.04. The first-order chi connectivity index (χ1) is 27.1. The Balaban J connectivity index is 4.48. The largest absolute Gasteiger partial charge is 0.477 e. The number of carboxylic acid groups (broad SMARTS) is 1. The maximum absolute atomic E-state index is 12.7. The van der Waals surface area contributed by atoms with E-state index < -0.39 is 24.3 Å². The zero-order valence-electron chi connectivity index (χ0n) is 36.8. The lowest BCUT2D eigenvalue weighted by molar-refractivity contribution is -0.870. The van der Waals surface area contributed by atoms with Crippen LogP contribution in [-0.4, -0.2) is 87.4 Å². The summed E-state index contributed by atoms with van der Waals surface area (Å²) in [5, 5.41) is 9.63. The van der Waals surface area contributed by atoms with Crippen LogP contribution in [0.3, 0.4) is 0 Å². The fraction of sp³-hybridized carbons (Fsp3) is 0.809. The van der Waals surface area contributed by atoms with Crippen molar-refractivity contribution in [3.8, 4) is 0 Å². The monoisotopic (exact) mass is 793 g/mol. The van der Waals surface area contributed by atoms with Crippen molar-refractivity contribution < 1.29 is 42.9 Å². The highest BCUT2D eigenvalue weighted by Gasteiger charge is 2.25. The Kier molecular flexibility index (Phi) is 37.6. The molecule has 56 heavy (non-hydrogen) atoms. The van der Waals surface area contributed by atoms with E-state index in [-0.39, 0.29) is 38.6 Å². The Morgan fingerprint density at radius 2 is 0.964 bits per heavy atom. The first-order valence-electron chi connectivity index (χ1n) is 22.7. The summed E-state index contributed by atoms with van der Waals surface area (Å²) in [6, 6.07) is 0. The molecule has 0 aromatic carbocycles. The summed E-state index contributed by atoms with van der Waals surface area (Å²) in [4.78, 5) is 37.1. The normalized spacial score (nSPS) is 13.2. The zero-order chi connectivity index (χ0) is 41.4. The molecule has 0 saturated carbocycles. The first kappa shape index (κ1) is 53.5. The summed E-state index contributed by atoms with van der Waals surface area (Å²) in [7, 11) is 5.94. The number of hydrogen-bond acceptors (Lipinski definition) is 7. The summed E-state index contributed by atoms with van der Waals surface area (Å²) in [5.74, 6) is -2.04. The van der Waals surface area contributed by atoms with Crippen molar-refractivity contribution >= 4 is 17.9 Å². The minimum absolute atomic E-state index is 0.183. The molecule has 0 aliphatic rings. The third-order valence-electron chi connectivity index (χ3n) is 9.62. The van der Waals surface area contributed by atoms with Crippen LogP contribution >= 0.6 is 0 Å². The molecule has 9 heteroatoms. The molecule has 0 fully saturated rings. The van der Waals surface area contributed by atoms with Crippen molar-refractivity contribution in [3.63, 3.8) is 0 Å². The Bertz CT molecular complexity index is 1020. The number of aliphatic carboxylic acids is 1. The van der Waals surface area contributed by atoms with Gasteiger partial charge in [0.2, 0.25) is 0 Å². The quantitative estimate of drug-likeness (QED) is 0.0214. The van der Waals surface area contributed by atoms with Crippen LogP contribution < -0.4 is 0 Å². The van der Waals surface area contributed by atoms with Crippen molar-refractivity contribution in [2.24, 2.45) is 0 Å². The zero-order valence-corrected chi connectivity index (χ0v) is 36.8. The second kappa shape index (κ2) is 39.3. The van der Waals surface area contributed by atoms with Crippen molar-refractivity contribution in [2.75, 3.05) is 47.5 Å². The molecule has 1 N–H and O–H groups in total. The predicted molar refractivity (Wildman–Crippen MR) is 230 cm³/mol. The topological polar surface area (TPSA) is 108 Å². The van der Waals surface area contributed by atoms with Crippen molar-refractivity contribution in [3.05, 3.63) is 36.5 Å². The molecule has 2 unspecified atom stereocenters. The maximum Gasteiger partial charge on any atom is 0.361 e. The maximum atomic E-state index is 12.7. The number of allylic oxidation sites excluding steroid dienone is 6. The second-order valence-electron chi connectivity index (χ2n) is 16.4. The highest BCUT2D eigenvalue weighted by molar-refractivity contribution is 5.71. The number of carbonyl (C=O) groups is 3. The minimum atomic E-state index is -1.51. The van der Waals surface area contributed by atoms with Gasteiger partial charge >= 0.3 is 17.9 Å². The number of quaternary nitrogens is 1. The van der Waals surface area contributed by atoms with Crippen LogP contribution in [0, 0.1) is 0 Å². The van der Waals surface area contributed by atoms with E-state index in [1.54, 1.807) is 0 Å². The van der Waals surface area contributed by atoms with Gasteiger partial charge in [-0.1, -0.05) is 140 Å². The van der Waals surface area contributed by atoms with E-state index in [2.05, 4.69) is 50.3 Å². The van der Waals surface area contributed by atoms with E-state index in [1.165, 1.54) is 77.0 Å². The number of unbranched alkanes of at least 4 members (excludes halogenated alkanes) is 20. The molecule has 0 heterocycles. The van der Waals surface area contributed by atoms with E-state index >= 15 is 0 Å². The molecule has 0 radical (unpaired) electrons. The lowest BCUT2D eigenvalue weighted by atomic mass is 10.1. The van der Waals surface area contributed by atoms with Crippen LogP contribution in [0.4, 0.5) is 0 Å². The summed E-state index contributed by atoms with van der Waals surface area (Å²) in [6.45, 7) is 4.82. The van der Waals surface area contributed by atoms with Gasteiger partial charge in [-0.15, -0.1) is 0 Å². The van der Waals surface area contributed by atoms with Crippen LogP contribution in [0.2, 0.25) is 0 Å². The number of rotatable bonds is 41. The summed E-state index contributed by atoms with van der Waals surface area (Å²) < 4.78 is 22.7. The average Bonchev–Trinajstić information content (AvgIpc) is 3.15. The van der Waals surface area contributed by atoms with Crippen molar-refractivity contribution in [1.29, 1.82) is 0 Å². The Morgan fingerprint density at radius 1 is 0.536 bits per heavy atom. The molecule has 0 bridgehead atoms. The summed E-state index contributed by atoms with van der Waals surface area (Å²) >= 11 is 0. The van der Waals surface area contributed by atoms with Gasteiger partial charge in [-0.25, -0.2) is 4.79 Å². The van der Waals surface area contributed by atoms with E-state index in [4.69, 9.17) is 18.9 Å². The molecule has 0 saturated heterocycles. The van der Waals surface area contributed by atoms with E-state index in [0.717, 1.165) is 77.0 Å². The van der Waals surface area contributed by atoms with Gasteiger partial charge in [-0.05, 0) is 70.6 Å². The molecule has 0 rings (SSSR count). The van der Waals surface area contributed by atoms with Gasteiger partial charge < -0.3 is 28.5 Å². The minimum Gasteiger partial charge on any atom is -0.477 e. The number of carbonyl (C=O) groups excluding carboxylic acids is 2. The van der Waals surface area contributed by atoms with Crippen molar-refractivity contribution in [1.82, 2.24) is 0 Å². The molecular formula is C47H86NO8+. The number of carboxylic acids is 1. The van der Waals surface area contributed by atoms with Gasteiger partial charge in [0, 0.05) is 12.8 Å². The van der Waals surface area contributed by atoms with Gasteiger partial charge in [0.25, 0.3) is 6.29 Å². The number of ether oxygens (including phenoxy) is 4. The SMILES string of the molecule is CCCCCC/C=C\C/C=C\CCCCCCCC(=O)OC(COC(=O)CCCCCCC/C=C\CCCCCCCC)COC(OCC[N+](C)(C)C)C(=O)O. The predicted octanol–water partition coefficient (Wildman–Crippen LogP) is 11.8. The first-order valence-corrected chi connectivity index (χ1v) is 22.7. The number of nitrogens with zero attached hydrogens (tertiary/aromatic N) is 1. The molecule has 0 amide bonds. The molecule has 9 nitrogen and oxygen atoms in total. The lowest BCUT2D eigenvalue weighted by Gasteiger charge is -2.25. The summed E-state index contributed by atoms with van der Waals surface area (Å²) in [6.07, 6.45) is 40.5. The number of esters is 2. The number of likely N-dealkylation sites (N-methyl/N-ethyl adjacent to an activating group) is 1. The molecule has 0 aliphatic carbocycles. The van der Waals surface area contributed by atoms with Gasteiger partial charge in [0.05, 0.1) is 34.4 Å². The third kappa shape index (κ3) is 39.7. The van der Waals surface area contributed by atoms with Crippen LogP contribution in [0.25, 0.3) is 0 Å². The fourth-order valence-electron chi connectivity index (χ4n) is 6.04. The second-order valence-corrected chi connectivity index (χ2v) is 16.4. The highest BCUT2D eigenvalue weighted by atomic mass is 16.7. The standard InChI is InChI=1S/C47H85NO8/c1-6-8-10-12-14-16-18-20-22-24-26-28-30-32-34-36-38-45(50)56-43(42-55-47(46(51)52)53-40-39-48(3,4)5)41-54-44(49)37-35-33-31-29-27-25-23-21-19-17-15-13-11-9-7-2/h16,18,21-24,43,47H,6-15,17,19-20,25-42H2,1-5H3/p+1/b18-16-,23-21-,24-22-. The Labute approximate surface area is 343 Å². The Hall–Kier alpha value is -2.49. The van der Waals surface area contributed by atoms with Gasteiger partial charge in [0.15, 0.2) is 6.10 Å². The van der Waals surface area contributed by atoms with Crippen LogP contribution in [0.5, 0.6) is 0 Å². The van der Waals surface area contributed by atoms with E-state index in [9.17, 15) is 19.5 Å². The third-order valence-corrected chi connectivity index (χ3v) is 9.62. The van der Waals surface area contributed by atoms with Gasteiger partial charge in [0.1, 0.15) is 13.2 Å².